The normalized spacial score (nSPS) is 12.3. The van der Waals surface area contributed by atoms with Crippen LogP contribution in [0.3, 0.4) is 0 Å². The fourth-order valence-electron chi connectivity index (χ4n) is 5.47. The summed E-state index contributed by atoms with van der Waals surface area (Å²) in [5.41, 5.74) is 3.85. The largest absolute Gasteiger partial charge is 0.569 e. The molecule has 0 bridgehead atoms. The Hall–Kier alpha value is -5.32. The lowest BCUT2D eigenvalue weighted by Gasteiger charge is -2.28. The Kier molecular flexibility index (Phi) is 5.76. The minimum Gasteiger partial charge on any atom is -0.537 e. The highest BCUT2D eigenvalue weighted by Crippen LogP contribution is 2.43. The van der Waals surface area contributed by atoms with E-state index in [0.29, 0.717) is 35.9 Å². The summed E-state index contributed by atoms with van der Waals surface area (Å²) in [6, 6.07) is 41.5. The molecular formula is C38H27BNO2. The van der Waals surface area contributed by atoms with E-state index < -0.39 is 0 Å². The Bertz CT molecular complexity index is 2200. The summed E-state index contributed by atoms with van der Waals surface area (Å²) in [4.78, 5) is 1.76. The molecule has 0 aliphatic carbocycles. The molecule has 1 radical (unpaired) electrons. The molecule has 0 amide bonds. The molecule has 7 rings (SSSR count). The van der Waals surface area contributed by atoms with Crippen LogP contribution in [0.5, 0.6) is 5.75 Å². The van der Waals surface area contributed by atoms with E-state index in [4.69, 9.17) is 4.65 Å². The van der Waals surface area contributed by atoms with Crippen molar-refractivity contribution in [2.75, 3.05) is 4.90 Å². The molecule has 4 heteroatoms. The first-order chi connectivity index (χ1) is 22.5. The topological polar surface area (TPSA) is 32.7 Å². The van der Waals surface area contributed by atoms with Crippen LogP contribution >= 0.6 is 0 Å². The van der Waals surface area contributed by atoms with Crippen molar-refractivity contribution in [3.8, 4) is 28.0 Å². The minimum absolute atomic E-state index is 0.120. The molecule has 7 aromatic rings. The van der Waals surface area contributed by atoms with Gasteiger partial charge >= 0.3 is 7.69 Å². The molecule has 3 nitrogen and oxygen atoms in total. The van der Waals surface area contributed by atoms with Gasteiger partial charge in [0.1, 0.15) is 5.75 Å². The van der Waals surface area contributed by atoms with Gasteiger partial charge in [-0.3, -0.25) is 0 Å². The van der Waals surface area contributed by atoms with Gasteiger partial charge in [-0.05, 0) is 86.7 Å². The summed E-state index contributed by atoms with van der Waals surface area (Å²) >= 11 is 0. The molecule has 7 aromatic carbocycles. The first kappa shape index (κ1) is 21.4. The SMILES string of the molecule is [2H]c1c([2H])c(N(c2ccccc2)c2ccc(O[B]O)cc2-c2ccccc2)c([2H])c([2H])c1-c1cc2ccccc2c2ccccc12. The summed E-state index contributed by atoms with van der Waals surface area (Å²) in [6.45, 7) is 0. The van der Waals surface area contributed by atoms with Gasteiger partial charge in [0.15, 0.2) is 0 Å². The smallest absolute Gasteiger partial charge is 0.537 e. The third-order valence-corrected chi connectivity index (χ3v) is 7.37. The Morgan fingerprint density at radius 3 is 1.93 bits per heavy atom. The van der Waals surface area contributed by atoms with Crippen LogP contribution in [-0.4, -0.2) is 12.7 Å². The number of nitrogens with zero attached hydrogens (tertiary/aromatic N) is 1. The minimum atomic E-state index is -0.167. The number of hydrogen-bond acceptors (Lipinski definition) is 3. The van der Waals surface area contributed by atoms with E-state index in [1.165, 1.54) is 0 Å². The van der Waals surface area contributed by atoms with Crippen LogP contribution in [0.25, 0.3) is 43.8 Å². The summed E-state index contributed by atoms with van der Waals surface area (Å²) in [5, 5.41) is 13.2. The molecule has 0 aromatic heterocycles. The molecule has 0 spiro atoms. The van der Waals surface area contributed by atoms with Gasteiger partial charge in [0.2, 0.25) is 0 Å². The molecule has 0 saturated carbocycles. The molecule has 0 saturated heterocycles. The van der Waals surface area contributed by atoms with Gasteiger partial charge in [0, 0.05) is 16.9 Å². The van der Waals surface area contributed by atoms with Crippen molar-refractivity contribution >= 4 is 46.3 Å². The average molecular weight is 544 g/mol. The second kappa shape index (κ2) is 11.3. The molecule has 0 aliphatic rings. The fraction of sp³-hybridized carbons (Fsp3) is 0. The first-order valence-electron chi connectivity index (χ1n) is 15.7. The van der Waals surface area contributed by atoms with E-state index in [1.807, 2.05) is 109 Å². The third-order valence-electron chi connectivity index (χ3n) is 7.37. The van der Waals surface area contributed by atoms with Gasteiger partial charge in [0.25, 0.3) is 0 Å². The summed E-state index contributed by atoms with van der Waals surface area (Å²) in [7, 11) is 0.622. The average Bonchev–Trinajstić information content (AvgIpc) is 3.10. The monoisotopic (exact) mass is 544 g/mol. The lowest BCUT2D eigenvalue weighted by Crippen LogP contribution is -2.11. The van der Waals surface area contributed by atoms with E-state index in [0.717, 1.165) is 27.1 Å². The maximum absolute atomic E-state index is 9.41. The van der Waals surface area contributed by atoms with E-state index in [1.54, 1.807) is 23.1 Å². The van der Waals surface area contributed by atoms with Gasteiger partial charge in [-0.15, -0.1) is 0 Å². The van der Waals surface area contributed by atoms with Gasteiger partial charge in [-0.2, -0.15) is 0 Å². The quantitative estimate of drug-likeness (QED) is 0.160. The zero-order valence-electron chi connectivity index (χ0n) is 26.6. The Morgan fingerprint density at radius 2 is 1.19 bits per heavy atom. The Labute approximate surface area is 251 Å². The van der Waals surface area contributed by atoms with E-state index >= 15 is 0 Å². The maximum atomic E-state index is 9.41. The van der Waals surface area contributed by atoms with Crippen LogP contribution in [0.1, 0.15) is 5.48 Å². The number of benzene rings is 7. The van der Waals surface area contributed by atoms with Crippen molar-refractivity contribution < 1.29 is 15.2 Å². The van der Waals surface area contributed by atoms with E-state index in [2.05, 4.69) is 6.07 Å². The number of para-hydroxylation sites is 1. The highest BCUT2D eigenvalue weighted by Gasteiger charge is 2.18. The zero-order chi connectivity index (χ0) is 31.8. The first-order valence-corrected chi connectivity index (χ1v) is 13.7. The number of hydrogen-bond donors (Lipinski definition) is 1. The fourth-order valence-corrected chi connectivity index (χ4v) is 5.47. The Balaban J connectivity index is 1.52. The van der Waals surface area contributed by atoms with Crippen LogP contribution < -0.4 is 9.55 Å². The highest BCUT2D eigenvalue weighted by molar-refractivity contribution is 6.17. The maximum Gasteiger partial charge on any atom is 0.569 e. The summed E-state index contributed by atoms with van der Waals surface area (Å²) in [6.07, 6.45) is 0. The molecule has 1 N–H and O–H groups in total. The number of rotatable bonds is 7. The van der Waals surface area contributed by atoms with Crippen molar-refractivity contribution in [3.05, 3.63) is 158 Å². The van der Waals surface area contributed by atoms with Crippen molar-refractivity contribution in [2.24, 2.45) is 0 Å². The summed E-state index contributed by atoms with van der Waals surface area (Å²) in [5.74, 6) is 0.399. The zero-order valence-corrected chi connectivity index (χ0v) is 22.6. The highest BCUT2D eigenvalue weighted by atomic mass is 16.5. The van der Waals surface area contributed by atoms with Crippen LogP contribution in [0.2, 0.25) is 0 Å². The van der Waals surface area contributed by atoms with Crippen molar-refractivity contribution in [1.29, 1.82) is 0 Å². The molecule has 0 fully saturated rings. The second-order valence-corrected chi connectivity index (χ2v) is 9.85. The lowest BCUT2D eigenvalue weighted by molar-refractivity contribution is 0.454. The lowest BCUT2D eigenvalue weighted by atomic mass is 9.93. The molecular weight excluding hydrogens is 513 g/mol. The molecule has 42 heavy (non-hydrogen) atoms. The second-order valence-electron chi connectivity index (χ2n) is 9.85. The molecule has 0 unspecified atom stereocenters. The predicted octanol–water partition coefficient (Wildman–Crippen LogP) is 9.70. The summed E-state index contributed by atoms with van der Waals surface area (Å²) < 4.78 is 42.8. The van der Waals surface area contributed by atoms with Gasteiger partial charge < -0.3 is 14.6 Å². The predicted molar refractivity (Wildman–Crippen MR) is 176 cm³/mol. The van der Waals surface area contributed by atoms with Crippen LogP contribution in [-0.2, 0) is 0 Å². The van der Waals surface area contributed by atoms with E-state index in [-0.39, 0.29) is 35.4 Å². The van der Waals surface area contributed by atoms with Crippen LogP contribution in [0.15, 0.2) is 158 Å². The van der Waals surface area contributed by atoms with Gasteiger partial charge in [-0.1, -0.05) is 109 Å². The van der Waals surface area contributed by atoms with Gasteiger partial charge in [0.05, 0.1) is 11.2 Å². The molecule has 0 atom stereocenters. The van der Waals surface area contributed by atoms with Crippen molar-refractivity contribution in [1.82, 2.24) is 0 Å². The molecule has 0 aliphatic heterocycles. The van der Waals surface area contributed by atoms with Gasteiger partial charge in [-0.25, -0.2) is 0 Å². The number of anilines is 3. The van der Waals surface area contributed by atoms with Crippen LogP contribution in [0, 0.1) is 0 Å². The molecule has 199 valence electrons. The standard InChI is InChI=1S/C38H27BNO2/c41-39-42-32-23-24-38(37(26-32)27-11-3-1-4-12-27)40(30-14-5-2-6-15-30)31-21-19-28(20-22-31)36-25-29-13-7-8-16-33(29)34-17-9-10-18-35(34)36/h1-26,41H/i19D,20D,21D,22D. The van der Waals surface area contributed by atoms with Crippen LogP contribution in [0.4, 0.5) is 17.1 Å². The Morgan fingerprint density at radius 1 is 0.548 bits per heavy atom. The molecule has 0 heterocycles. The van der Waals surface area contributed by atoms with Crippen molar-refractivity contribution in [2.45, 2.75) is 0 Å². The van der Waals surface area contributed by atoms with Crippen molar-refractivity contribution in [3.63, 3.8) is 0 Å². The van der Waals surface area contributed by atoms with E-state index in [9.17, 15) is 10.5 Å². The number of fused-ring (bicyclic) bond motifs is 3. The third kappa shape index (κ3) is 4.79.